The lowest BCUT2D eigenvalue weighted by atomic mass is 10.2. The van der Waals surface area contributed by atoms with Gasteiger partial charge in [0.1, 0.15) is 16.8 Å². The minimum atomic E-state index is -1.50. The second kappa shape index (κ2) is 15.0. The number of alkyl halides is 3. The highest BCUT2D eigenvalue weighted by molar-refractivity contribution is 6.67. The Kier molecular flexibility index (Phi) is 14.1. The molecule has 1 aromatic rings. The van der Waals surface area contributed by atoms with E-state index in [1.807, 2.05) is 6.92 Å². The monoisotopic (exact) mass is 573 g/mol. The van der Waals surface area contributed by atoms with E-state index < -0.39 is 3.79 Å². The van der Waals surface area contributed by atoms with Gasteiger partial charge in [0.15, 0.2) is 12.4 Å². The maximum Gasteiger partial charge on any atom is 0.226 e. The molecule has 0 spiro atoms. The fraction of sp³-hybridized carbons (Fsp3) is 0.526. The van der Waals surface area contributed by atoms with Crippen LogP contribution in [0.3, 0.4) is 0 Å². The smallest absolute Gasteiger partial charge is 0.226 e. The van der Waals surface area contributed by atoms with Gasteiger partial charge in [-0.2, -0.15) is 0 Å². The van der Waals surface area contributed by atoms with Gasteiger partial charge in [0.2, 0.25) is 3.79 Å². The molecule has 0 radical (unpaired) electrons. The van der Waals surface area contributed by atoms with Crippen molar-refractivity contribution in [3.8, 4) is 11.5 Å². The molecule has 12 heteroatoms. The van der Waals surface area contributed by atoms with E-state index in [-0.39, 0.29) is 23.8 Å². The van der Waals surface area contributed by atoms with Crippen LogP contribution in [0.15, 0.2) is 27.9 Å². The van der Waals surface area contributed by atoms with Crippen LogP contribution in [0, 0.1) is 0 Å². The van der Waals surface area contributed by atoms with Gasteiger partial charge in [-0.15, -0.1) is 0 Å². The first kappa shape index (κ1) is 29.1. The lowest BCUT2D eigenvalue weighted by Gasteiger charge is -2.17. The Morgan fingerprint density at radius 1 is 1.16 bits per heavy atom. The molecule has 0 fully saturated rings. The van der Waals surface area contributed by atoms with Crippen molar-refractivity contribution >= 4 is 86.9 Å². The van der Waals surface area contributed by atoms with Crippen LogP contribution in [-0.4, -0.2) is 42.0 Å². The highest BCUT2D eigenvalue weighted by atomic mass is 35.6. The summed E-state index contributed by atoms with van der Waals surface area (Å²) in [6.07, 6.45) is 2.85. The molecule has 0 bridgehead atoms. The van der Waals surface area contributed by atoms with Crippen molar-refractivity contribution in [3.63, 3.8) is 0 Å². The number of benzene rings is 1. The van der Waals surface area contributed by atoms with Gasteiger partial charge in [-0.1, -0.05) is 86.4 Å². The van der Waals surface area contributed by atoms with Crippen molar-refractivity contribution in [1.82, 2.24) is 0 Å². The van der Waals surface area contributed by atoms with Crippen molar-refractivity contribution < 1.29 is 19.0 Å². The molecule has 1 unspecified atom stereocenters. The number of hydrogen-bond acceptors (Lipinski definition) is 5. The lowest BCUT2D eigenvalue weighted by molar-refractivity contribution is 0.129. The Bertz CT molecular complexity index is 726. The van der Waals surface area contributed by atoms with Crippen molar-refractivity contribution in [2.45, 2.75) is 36.6 Å². The molecule has 0 saturated heterocycles. The lowest BCUT2D eigenvalue weighted by Crippen LogP contribution is -2.15. The molecule has 0 aliphatic carbocycles. The highest BCUT2D eigenvalue weighted by Crippen LogP contribution is 2.38. The molecular formula is C19H22Cl7NO4. The molecule has 0 amide bonds. The van der Waals surface area contributed by atoms with E-state index in [9.17, 15) is 0 Å². The number of nitrogens with zero attached hydrogens (tertiary/aromatic N) is 1. The highest BCUT2D eigenvalue weighted by Gasteiger charge is 2.20. The van der Waals surface area contributed by atoms with E-state index in [2.05, 4.69) is 5.16 Å². The van der Waals surface area contributed by atoms with Crippen LogP contribution in [0.2, 0.25) is 10.0 Å². The van der Waals surface area contributed by atoms with E-state index in [4.69, 9.17) is 100 Å². The zero-order valence-corrected chi connectivity index (χ0v) is 22.1. The number of ether oxygens (including phenoxy) is 3. The summed E-state index contributed by atoms with van der Waals surface area (Å²) in [7, 11) is 0. The van der Waals surface area contributed by atoms with E-state index >= 15 is 0 Å². The first-order valence-corrected chi connectivity index (χ1v) is 11.7. The Balaban J connectivity index is 2.37. The molecule has 31 heavy (non-hydrogen) atoms. The fourth-order valence-electron chi connectivity index (χ4n) is 2.13. The van der Waals surface area contributed by atoms with Gasteiger partial charge in [-0.05, 0) is 32.8 Å². The summed E-state index contributed by atoms with van der Waals surface area (Å²) in [4.78, 5) is 4.93. The van der Waals surface area contributed by atoms with Crippen LogP contribution >= 0.6 is 81.2 Å². The van der Waals surface area contributed by atoms with Gasteiger partial charge in [0.05, 0.1) is 28.5 Å². The molecule has 0 aliphatic heterocycles. The van der Waals surface area contributed by atoms with Crippen LogP contribution < -0.4 is 9.47 Å². The summed E-state index contributed by atoms with van der Waals surface area (Å²) in [5.41, 5.74) is 0.628. The topological polar surface area (TPSA) is 49.3 Å². The number of hydrogen-bond donors (Lipinski definition) is 0. The molecule has 0 saturated carbocycles. The molecule has 5 nitrogen and oxygen atoms in total. The molecule has 0 N–H and O–H groups in total. The van der Waals surface area contributed by atoms with E-state index in [1.54, 1.807) is 19.1 Å². The number of rotatable bonds is 13. The van der Waals surface area contributed by atoms with E-state index in [0.717, 1.165) is 12.8 Å². The predicted octanol–water partition coefficient (Wildman–Crippen LogP) is 8.02. The van der Waals surface area contributed by atoms with Crippen LogP contribution in [0.25, 0.3) is 0 Å². The van der Waals surface area contributed by atoms with E-state index in [0.29, 0.717) is 40.5 Å². The summed E-state index contributed by atoms with van der Waals surface area (Å²) in [6, 6.07) is 3.23. The fourth-order valence-corrected chi connectivity index (χ4v) is 2.96. The largest absolute Gasteiger partial charge is 0.489 e. The van der Waals surface area contributed by atoms with Crippen LogP contribution in [0.4, 0.5) is 0 Å². The van der Waals surface area contributed by atoms with Gasteiger partial charge in [-0.25, -0.2) is 0 Å². The normalized spacial score (nSPS) is 13.0. The third-order valence-corrected chi connectivity index (χ3v) is 4.63. The van der Waals surface area contributed by atoms with Crippen molar-refractivity contribution in [2.75, 3.05) is 26.4 Å². The zero-order valence-electron chi connectivity index (χ0n) is 16.8. The molecule has 0 aromatic heterocycles. The first-order chi connectivity index (χ1) is 14.5. The third kappa shape index (κ3) is 14.0. The average molecular weight is 577 g/mol. The van der Waals surface area contributed by atoms with E-state index in [1.165, 1.54) is 6.08 Å². The Labute approximate surface area is 217 Å². The minimum absolute atomic E-state index is 0.116. The zero-order chi connectivity index (χ0) is 23.4. The predicted molar refractivity (Wildman–Crippen MR) is 131 cm³/mol. The molecule has 176 valence electrons. The SMILES string of the molecule is CC(COCCCC(C)Oc1c(Cl)cc(OCC=C(Cl)Cl)cc1Cl)=NOCC(Cl)(Cl)Cl. The summed E-state index contributed by atoms with van der Waals surface area (Å²) >= 11 is 40.3. The maximum atomic E-state index is 6.28. The quantitative estimate of drug-likeness (QED) is 0.103. The van der Waals surface area contributed by atoms with Crippen molar-refractivity contribution in [1.29, 1.82) is 0 Å². The van der Waals surface area contributed by atoms with Crippen molar-refractivity contribution in [3.05, 3.63) is 32.7 Å². The average Bonchev–Trinajstić information content (AvgIpc) is 2.63. The summed E-state index contributed by atoms with van der Waals surface area (Å²) < 4.78 is 15.5. The summed E-state index contributed by atoms with van der Waals surface area (Å²) in [6.45, 7) is 4.54. The molecule has 1 rings (SSSR count). The van der Waals surface area contributed by atoms with Crippen LogP contribution in [-0.2, 0) is 9.57 Å². The van der Waals surface area contributed by atoms with Crippen LogP contribution in [0.5, 0.6) is 11.5 Å². The standard InChI is InChI=1S/C19H22Cl7NO4/c1-12(27-30-11-19(24,25)26)10-28-6-3-4-13(2)31-18-15(20)8-14(9-16(18)21)29-7-5-17(22)23/h5,8-9,13H,3-4,6-7,10-11H2,1-2H3. The molecule has 1 aromatic carbocycles. The summed E-state index contributed by atoms with van der Waals surface area (Å²) in [5, 5.41) is 4.49. The molecule has 1 atom stereocenters. The van der Waals surface area contributed by atoms with Gasteiger partial charge < -0.3 is 19.0 Å². The number of halogens is 7. The summed E-state index contributed by atoms with van der Waals surface area (Å²) in [5.74, 6) is 0.869. The third-order valence-electron chi connectivity index (χ3n) is 3.44. The Morgan fingerprint density at radius 3 is 2.39 bits per heavy atom. The Hall–Kier alpha value is 0.0200. The second-order valence-corrected chi connectivity index (χ2v) is 10.7. The molecular weight excluding hydrogens is 554 g/mol. The minimum Gasteiger partial charge on any atom is -0.489 e. The molecule has 0 heterocycles. The van der Waals surface area contributed by atoms with Gasteiger partial charge in [0.25, 0.3) is 0 Å². The Morgan fingerprint density at radius 2 is 1.81 bits per heavy atom. The van der Waals surface area contributed by atoms with Gasteiger partial charge >= 0.3 is 0 Å². The first-order valence-electron chi connectivity index (χ1n) is 9.07. The van der Waals surface area contributed by atoms with Gasteiger partial charge in [0, 0.05) is 18.7 Å². The van der Waals surface area contributed by atoms with Crippen LogP contribution in [0.1, 0.15) is 26.7 Å². The van der Waals surface area contributed by atoms with Crippen molar-refractivity contribution in [2.24, 2.45) is 5.16 Å². The number of oxime groups is 1. The second-order valence-electron chi connectivity index (χ2n) is 6.36. The molecule has 0 aliphatic rings. The van der Waals surface area contributed by atoms with Gasteiger partial charge in [-0.3, -0.25) is 0 Å². The maximum absolute atomic E-state index is 6.28.